The second-order valence-electron chi connectivity index (χ2n) is 3.90. The minimum Gasteiger partial charge on any atom is -0.462 e. The number of allylic oxidation sites excluding steroid dienone is 1. The summed E-state index contributed by atoms with van der Waals surface area (Å²) in [6, 6.07) is 0. The number of unbranched alkanes of at least 4 members (excludes halogenated alkanes) is 6. The second kappa shape index (κ2) is 12.8. The van der Waals surface area contributed by atoms with E-state index in [0.29, 0.717) is 6.61 Å². The fourth-order valence-corrected chi connectivity index (χ4v) is 1.46. The molecule has 0 atom stereocenters. The molecule has 0 aromatic heterocycles. The molecule has 0 aromatic rings. The van der Waals surface area contributed by atoms with Gasteiger partial charge in [-0.25, -0.2) is 4.79 Å². The molecule has 0 heterocycles. The lowest BCUT2D eigenvalue weighted by Crippen LogP contribution is -1.97. The smallest absolute Gasteiger partial charge is 0.338 e. The Hall–Kier alpha value is -1.27. The summed E-state index contributed by atoms with van der Waals surface area (Å²) in [6.07, 6.45) is 13.6. The zero-order chi connectivity index (χ0) is 12.8. The topological polar surface area (TPSA) is 26.3 Å². The molecule has 0 N–H and O–H groups in total. The molecule has 0 bridgehead atoms. The van der Waals surface area contributed by atoms with E-state index in [-0.39, 0.29) is 5.97 Å². The minimum absolute atomic E-state index is 0.312. The summed E-state index contributed by atoms with van der Waals surface area (Å²) >= 11 is 0. The van der Waals surface area contributed by atoms with E-state index in [4.69, 9.17) is 4.74 Å². The number of esters is 1. The Morgan fingerprint density at radius 2 is 1.82 bits per heavy atom. The maximum absolute atomic E-state index is 10.9. The molecule has 2 heteroatoms. The zero-order valence-corrected chi connectivity index (χ0v) is 10.9. The van der Waals surface area contributed by atoms with Crippen LogP contribution in [-0.4, -0.2) is 12.6 Å². The summed E-state index contributed by atoms with van der Waals surface area (Å²) in [5, 5.41) is 0. The van der Waals surface area contributed by atoms with Gasteiger partial charge in [0.1, 0.15) is 0 Å². The monoisotopic (exact) mass is 236 g/mol. The molecule has 0 spiro atoms. The standard InChI is InChI=1S/C15H24O2/c1-3-5-6-7-8-9-10-11-12-13-14-15(16)17-4-2/h3,12,14H,1,4-11H2,2H3. The Balaban J connectivity index is 3.35. The third-order valence-electron chi connectivity index (χ3n) is 2.36. The molecule has 0 aliphatic rings. The van der Waals surface area contributed by atoms with Crippen molar-refractivity contribution >= 4 is 5.97 Å². The van der Waals surface area contributed by atoms with Crippen LogP contribution < -0.4 is 0 Å². The van der Waals surface area contributed by atoms with Gasteiger partial charge in [-0.3, -0.25) is 0 Å². The zero-order valence-electron chi connectivity index (χ0n) is 10.9. The van der Waals surface area contributed by atoms with E-state index in [2.05, 4.69) is 12.3 Å². The highest BCUT2D eigenvalue weighted by Crippen LogP contribution is 2.07. The first kappa shape index (κ1) is 15.7. The number of hydrogen-bond acceptors (Lipinski definition) is 2. The van der Waals surface area contributed by atoms with E-state index in [1.54, 1.807) is 6.92 Å². The van der Waals surface area contributed by atoms with Crippen LogP contribution in [0.4, 0.5) is 0 Å². The molecule has 0 unspecified atom stereocenters. The molecule has 0 amide bonds. The lowest BCUT2D eigenvalue weighted by Gasteiger charge is -1.97. The number of hydrogen-bond donors (Lipinski definition) is 0. The highest BCUT2D eigenvalue weighted by Gasteiger charge is 1.90. The molecule has 0 fully saturated rings. The Morgan fingerprint density at radius 1 is 1.18 bits per heavy atom. The predicted molar refractivity (Wildman–Crippen MR) is 71.8 cm³/mol. The fraction of sp³-hybridized carbons (Fsp3) is 0.600. The number of ether oxygens (including phenoxy) is 1. The van der Waals surface area contributed by atoms with Crippen LogP contribution in [0.1, 0.15) is 51.9 Å². The van der Waals surface area contributed by atoms with Crippen LogP contribution in [0.25, 0.3) is 0 Å². The van der Waals surface area contributed by atoms with Crippen LogP contribution in [0.15, 0.2) is 30.5 Å². The largest absolute Gasteiger partial charge is 0.462 e. The summed E-state index contributed by atoms with van der Waals surface area (Å²) in [6.45, 7) is 5.91. The van der Waals surface area contributed by atoms with Crippen molar-refractivity contribution in [3.8, 4) is 0 Å². The Labute approximate surface area is 105 Å². The average Bonchev–Trinajstić information content (AvgIpc) is 2.32. The third-order valence-corrected chi connectivity index (χ3v) is 2.36. The molecule has 96 valence electrons. The molecule has 0 rings (SSSR count). The van der Waals surface area contributed by atoms with Gasteiger partial charge >= 0.3 is 5.97 Å². The van der Waals surface area contributed by atoms with Gasteiger partial charge in [0.15, 0.2) is 0 Å². The van der Waals surface area contributed by atoms with E-state index in [9.17, 15) is 4.79 Å². The van der Waals surface area contributed by atoms with Crippen LogP contribution >= 0.6 is 0 Å². The summed E-state index contributed by atoms with van der Waals surface area (Å²) < 4.78 is 4.74. The molecular formula is C15H24O2. The summed E-state index contributed by atoms with van der Waals surface area (Å²) in [7, 11) is 0. The van der Waals surface area contributed by atoms with Crippen LogP contribution in [0.3, 0.4) is 0 Å². The van der Waals surface area contributed by atoms with E-state index >= 15 is 0 Å². The SMILES string of the molecule is C=CCCCCCCCC=C=CC(=O)OCC. The molecule has 0 aromatic carbocycles. The van der Waals surface area contributed by atoms with Crippen molar-refractivity contribution in [3.05, 3.63) is 30.5 Å². The quantitative estimate of drug-likeness (QED) is 0.187. The van der Waals surface area contributed by atoms with Crippen molar-refractivity contribution in [1.29, 1.82) is 0 Å². The van der Waals surface area contributed by atoms with Gasteiger partial charge < -0.3 is 4.74 Å². The number of rotatable bonds is 10. The van der Waals surface area contributed by atoms with Crippen molar-refractivity contribution in [2.45, 2.75) is 51.9 Å². The van der Waals surface area contributed by atoms with Gasteiger partial charge in [-0.05, 0) is 38.7 Å². The van der Waals surface area contributed by atoms with Crippen molar-refractivity contribution in [3.63, 3.8) is 0 Å². The Morgan fingerprint density at radius 3 is 2.47 bits per heavy atom. The summed E-state index contributed by atoms with van der Waals surface area (Å²) in [4.78, 5) is 10.9. The van der Waals surface area contributed by atoms with E-state index in [1.165, 1.54) is 31.8 Å². The Bertz CT molecular complexity index is 260. The molecule has 0 aliphatic carbocycles. The van der Waals surface area contributed by atoms with Crippen molar-refractivity contribution in [2.75, 3.05) is 6.61 Å². The summed E-state index contributed by atoms with van der Waals surface area (Å²) in [5.41, 5.74) is 2.84. The third kappa shape index (κ3) is 12.7. The van der Waals surface area contributed by atoms with E-state index in [0.717, 1.165) is 19.3 Å². The first-order valence-electron chi connectivity index (χ1n) is 6.49. The maximum atomic E-state index is 10.9. The fourth-order valence-electron chi connectivity index (χ4n) is 1.46. The van der Waals surface area contributed by atoms with Crippen molar-refractivity contribution in [2.24, 2.45) is 0 Å². The molecule has 17 heavy (non-hydrogen) atoms. The molecule has 0 radical (unpaired) electrons. The highest BCUT2D eigenvalue weighted by atomic mass is 16.5. The van der Waals surface area contributed by atoms with Crippen LogP contribution in [-0.2, 0) is 9.53 Å². The number of carbonyl (C=O) groups excluding carboxylic acids is 1. The lowest BCUT2D eigenvalue weighted by molar-refractivity contribution is -0.137. The van der Waals surface area contributed by atoms with Crippen LogP contribution in [0, 0.1) is 0 Å². The molecule has 2 nitrogen and oxygen atoms in total. The minimum atomic E-state index is -0.312. The molecule has 0 aliphatic heterocycles. The van der Waals surface area contributed by atoms with Crippen LogP contribution in [0.5, 0.6) is 0 Å². The van der Waals surface area contributed by atoms with Crippen molar-refractivity contribution < 1.29 is 9.53 Å². The summed E-state index contributed by atoms with van der Waals surface area (Å²) in [5.74, 6) is -0.312. The van der Waals surface area contributed by atoms with E-state index < -0.39 is 0 Å². The maximum Gasteiger partial charge on any atom is 0.338 e. The van der Waals surface area contributed by atoms with Gasteiger partial charge in [0, 0.05) is 0 Å². The van der Waals surface area contributed by atoms with Gasteiger partial charge in [0.25, 0.3) is 0 Å². The van der Waals surface area contributed by atoms with Gasteiger partial charge in [-0.2, -0.15) is 0 Å². The normalized spacial score (nSPS) is 9.24. The molecule has 0 saturated heterocycles. The lowest BCUT2D eigenvalue weighted by atomic mass is 10.1. The van der Waals surface area contributed by atoms with Gasteiger partial charge in [-0.15, -0.1) is 12.3 Å². The Kier molecular flexibility index (Phi) is 11.8. The second-order valence-corrected chi connectivity index (χ2v) is 3.90. The number of carbonyl (C=O) groups is 1. The van der Waals surface area contributed by atoms with Gasteiger partial charge in [0.2, 0.25) is 0 Å². The van der Waals surface area contributed by atoms with Crippen molar-refractivity contribution in [1.82, 2.24) is 0 Å². The first-order chi connectivity index (χ1) is 8.31. The van der Waals surface area contributed by atoms with Gasteiger partial charge in [-0.1, -0.05) is 25.3 Å². The highest BCUT2D eigenvalue weighted by molar-refractivity contribution is 5.81. The molecule has 0 saturated carbocycles. The van der Waals surface area contributed by atoms with Crippen LogP contribution in [0.2, 0.25) is 0 Å². The predicted octanol–water partition coefficient (Wildman–Crippen LogP) is 4.18. The first-order valence-corrected chi connectivity index (χ1v) is 6.49. The van der Waals surface area contributed by atoms with E-state index in [1.807, 2.05) is 12.2 Å². The molecular weight excluding hydrogens is 212 g/mol. The van der Waals surface area contributed by atoms with Gasteiger partial charge in [0.05, 0.1) is 12.7 Å². The average molecular weight is 236 g/mol.